The van der Waals surface area contributed by atoms with Crippen LogP contribution in [0.1, 0.15) is 43.0 Å². The number of aromatic nitrogens is 2. The van der Waals surface area contributed by atoms with Crippen molar-refractivity contribution in [1.82, 2.24) is 19.9 Å². The number of amides is 1. The highest BCUT2D eigenvalue weighted by Crippen LogP contribution is 2.22. The molecule has 0 unspecified atom stereocenters. The van der Waals surface area contributed by atoms with E-state index in [2.05, 4.69) is 15.0 Å². The van der Waals surface area contributed by atoms with Gasteiger partial charge >= 0.3 is 0 Å². The zero-order valence-corrected chi connectivity index (χ0v) is 15.9. The molecule has 142 valence electrons. The Kier molecular flexibility index (Phi) is 4.47. The molecule has 0 radical (unpaired) electrons. The topological polar surface area (TPSA) is 75.6 Å². The largest absolute Gasteiger partial charge is 0.451 e. The van der Waals surface area contributed by atoms with E-state index in [1.807, 2.05) is 56.0 Å². The molecule has 0 bridgehead atoms. The molecule has 0 saturated carbocycles. The smallest absolute Gasteiger partial charge is 0.289 e. The van der Waals surface area contributed by atoms with Gasteiger partial charge in [0.1, 0.15) is 5.58 Å². The average Bonchev–Trinajstić information content (AvgIpc) is 3.28. The Morgan fingerprint density at radius 2 is 1.89 bits per heavy atom. The average molecular weight is 368 g/mol. The molecular formula is C20H24N4O3. The summed E-state index contributed by atoms with van der Waals surface area (Å²) >= 11 is 0. The first-order valence-corrected chi connectivity index (χ1v) is 9.23. The Morgan fingerprint density at radius 1 is 1.15 bits per heavy atom. The van der Waals surface area contributed by atoms with E-state index in [-0.39, 0.29) is 11.3 Å². The predicted molar refractivity (Wildman–Crippen MR) is 100 cm³/mol. The summed E-state index contributed by atoms with van der Waals surface area (Å²) in [7, 11) is 0. The highest BCUT2D eigenvalue weighted by Gasteiger charge is 2.26. The molecule has 3 aromatic rings. The molecule has 1 fully saturated rings. The van der Waals surface area contributed by atoms with Gasteiger partial charge in [0.05, 0.1) is 6.54 Å². The van der Waals surface area contributed by atoms with Crippen molar-refractivity contribution in [3.63, 3.8) is 0 Å². The molecule has 7 nitrogen and oxygen atoms in total. The van der Waals surface area contributed by atoms with Crippen molar-refractivity contribution in [3.8, 4) is 0 Å². The molecule has 0 atom stereocenters. The van der Waals surface area contributed by atoms with Crippen LogP contribution in [0.15, 0.2) is 39.3 Å². The number of carbonyl (C=O) groups excluding carboxylic acids is 1. The molecule has 27 heavy (non-hydrogen) atoms. The van der Waals surface area contributed by atoms with Crippen molar-refractivity contribution in [2.24, 2.45) is 0 Å². The van der Waals surface area contributed by atoms with Crippen molar-refractivity contribution < 1.29 is 13.7 Å². The highest BCUT2D eigenvalue weighted by atomic mass is 16.5. The number of fused-ring (bicyclic) bond motifs is 1. The number of benzene rings is 1. The summed E-state index contributed by atoms with van der Waals surface area (Å²) in [6, 6.07) is 9.48. The molecular weight excluding hydrogens is 344 g/mol. The van der Waals surface area contributed by atoms with E-state index >= 15 is 0 Å². The molecule has 7 heteroatoms. The summed E-state index contributed by atoms with van der Waals surface area (Å²) in [5, 5.41) is 5.03. The molecule has 0 N–H and O–H groups in total. The highest BCUT2D eigenvalue weighted by molar-refractivity contribution is 5.96. The fourth-order valence-corrected chi connectivity index (χ4v) is 3.18. The van der Waals surface area contributed by atoms with Crippen LogP contribution in [0.25, 0.3) is 11.0 Å². The fraction of sp³-hybridized carbons (Fsp3) is 0.450. The fourth-order valence-electron chi connectivity index (χ4n) is 3.18. The van der Waals surface area contributed by atoms with E-state index in [0.717, 1.165) is 24.1 Å². The SMILES string of the molecule is CC(C)(C)c1nc(CN2CCN(C(=O)c3cc4ccccc4o3)CC2)no1. The Balaban J connectivity index is 1.35. The van der Waals surface area contributed by atoms with Crippen molar-refractivity contribution in [1.29, 1.82) is 0 Å². The number of hydrogen-bond donors (Lipinski definition) is 0. The molecule has 1 aliphatic heterocycles. The Labute approximate surface area is 157 Å². The molecule has 1 aliphatic rings. The maximum Gasteiger partial charge on any atom is 0.289 e. The van der Waals surface area contributed by atoms with Gasteiger partial charge in [-0.3, -0.25) is 9.69 Å². The van der Waals surface area contributed by atoms with Crippen LogP contribution in [0.2, 0.25) is 0 Å². The second-order valence-electron chi connectivity index (χ2n) is 7.98. The van der Waals surface area contributed by atoms with Gasteiger partial charge < -0.3 is 13.8 Å². The number of furan rings is 1. The van der Waals surface area contributed by atoms with E-state index in [0.29, 0.717) is 37.1 Å². The van der Waals surface area contributed by atoms with Crippen molar-refractivity contribution in [2.75, 3.05) is 26.2 Å². The number of rotatable bonds is 3. The molecule has 1 amide bonds. The summed E-state index contributed by atoms with van der Waals surface area (Å²) in [5.74, 6) is 1.69. The second kappa shape index (κ2) is 6.81. The third-order valence-corrected chi connectivity index (χ3v) is 4.77. The van der Waals surface area contributed by atoms with Crippen LogP contribution in [-0.4, -0.2) is 52.0 Å². The first-order chi connectivity index (χ1) is 12.9. The molecule has 2 aromatic heterocycles. The lowest BCUT2D eigenvalue weighted by Gasteiger charge is -2.33. The number of carbonyl (C=O) groups is 1. The minimum Gasteiger partial charge on any atom is -0.451 e. The Morgan fingerprint density at radius 3 is 2.56 bits per heavy atom. The van der Waals surface area contributed by atoms with Crippen molar-refractivity contribution in [3.05, 3.63) is 47.8 Å². The van der Waals surface area contributed by atoms with E-state index in [1.165, 1.54) is 0 Å². The lowest BCUT2D eigenvalue weighted by Crippen LogP contribution is -2.48. The minimum absolute atomic E-state index is 0.0552. The summed E-state index contributed by atoms with van der Waals surface area (Å²) < 4.78 is 11.1. The molecule has 3 heterocycles. The van der Waals surface area contributed by atoms with Gasteiger partial charge in [-0.2, -0.15) is 4.98 Å². The maximum absolute atomic E-state index is 12.7. The lowest BCUT2D eigenvalue weighted by atomic mass is 9.97. The van der Waals surface area contributed by atoms with E-state index in [1.54, 1.807) is 0 Å². The van der Waals surface area contributed by atoms with Crippen LogP contribution >= 0.6 is 0 Å². The van der Waals surface area contributed by atoms with Crippen LogP contribution in [0.5, 0.6) is 0 Å². The summed E-state index contributed by atoms with van der Waals surface area (Å²) in [6.45, 7) is 9.62. The van der Waals surface area contributed by atoms with Gasteiger partial charge in [-0.25, -0.2) is 0 Å². The van der Waals surface area contributed by atoms with E-state index < -0.39 is 0 Å². The van der Waals surface area contributed by atoms with Crippen LogP contribution in [0.4, 0.5) is 0 Å². The first-order valence-electron chi connectivity index (χ1n) is 9.23. The van der Waals surface area contributed by atoms with Gasteiger partial charge in [0.25, 0.3) is 5.91 Å². The van der Waals surface area contributed by atoms with Gasteiger partial charge in [0.2, 0.25) is 5.89 Å². The number of nitrogens with zero attached hydrogens (tertiary/aromatic N) is 4. The van der Waals surface area contributed by atoms with Gasteiger partial charge in [0.15, 0.2) is 11.6 Å². The Bertz CT molecular complexity index is 912. The van der Waals surface area contributed by atoms with Crippen molar-refractivity contribution in [2.45, 2.75) is 32.7 Å². The van der Waals surface area contributed by atoms with Gasteiger partial charge in [-0.1, -0.05) is 44.1 Å². The third-order valence-electron chi connectivity index (χ3n) is 4.77. The molecule has 0 spiro atoms. The van der Waals surface area contributed by atoms with Gasteiger partial charge in [-0.15, -0.1) is 0 Å². The molecule has 4 rings (SSSR count). The summed E-state index contributed by atoms with van der Waals surface area (Å²) in [6.07, 6.45) is 0. The monoisotopic (exact) mass is 368 g/mol. The zero-order chi connectivity index (χ0) is 19.0. The second-order valence-corrected chi connectivity index (χ2v) is 7.98. The number of para-hydroxylation sites is 1. The minimum atomic E-state index is -0.150. The Hall–Kier alpha value is -2.67. The van der Waals surface area contributed by atoms with Crippen LogP contribution in [-0.2, 0) is 12.0 Å². The maximum atomic E-state index is 12.7. The van der Waals surface area contributed by atoms with Crippen LogP contribution < -0.4 is 0 Å². The summed E-state index contributed by atoms with van der Waals surface area (Å²) in [4.78, 5) is 21.3. The van der Waals surface area contributed by atoms with Crippen LogP contribution in [0.3, 0.4) is 0 Å². The normalized spacial score (nSPS) is 16.2. The zero-order valence-electron chi connectivity index (χ0n) is 15.9. The molecule has 0 aliphatic carbocycles. The van der Waals surface area contributed by atoms with E-state index in [4.69, 9.17) is 8.94 Å². The quantitative estimate of drug-likeness (QED) is 0.707. The third kappa shape index (κ3) is 3.73. The first kappa shape index (κ1) is 17.7. The van der Waals surface area contributed by atoms with Crippen molar-refractivity contribution >= 4 is 16.9 Å². The number of piperazine rings is 1. The standard InChI is InChI=1S/C20H24N4O3/c1-20(2,3)19-21-17(22-27-19)13-23-8-10-24(11-9-23)18(25)16-12-14-6-4-5-7-15(14)26-16/h4-7,12H,8-11,13H2,1-3H3. The van der Waals surface area contributed by atoms with Gasteiger partial charge in [-0.05, 0) is 12.1 Å². The van der Waals surface area contributed by atoms with Gasteiger partial charge in [0, 0.05) is 37.0 Å². The molecule has 1 aromatic carbocycles. The van der Waals surface area contributed by atoms with E-state index in [9.17, 15) is 4.79 Å². The lowest BCUT2D eigenvalue weighted by molar-refractivity contribution is 0.0596. The number of hydrogen-bond acceptors (Lipinski definition) is 6. The predicted octanol–water partition coefficient (Wildman–Crippen LogP) is 3.07. The van der Waals surface area contributed by atoms with Crippen LogP contribution in [0, 0.1) is 0 Å². The molecule has 1 saturated heterocycles. The summed E-state index contributed by atoms with van der Waals surface area (Å²) in [5.41, 5.74) is 0.592.